The Labute approximate surface area is 189 Å². The second-order valence-corrected chi connectivity index (χ2v) is 8.53. The average molecular weight is 464 g/mol. The second-order valence-electron chi connectivity index (χ2n) is 6.75. The van der Waals surface area contributed by atoms with Crippen LogP contribution in [0.15, 0.2) is 46.3 Å². The Balaban J connectivity index is 2.18. The third-order valence-electron chi connectivity index (χ3n) is 4.14. The van der Waals surface area contributed by atoms with Crippen LogP contribution in [0.3, 0.4) is 0 Å². The predicted molar refractivity (Wildman–Crippen MR) is 125 cm³/mol. The molecule has 0 aliphatic heterocycles. The van der Waals surface area contributed by atoms with Crippen LogP contribution in [-0.4, -0.2) is 17.2 Å². The molecule has 0 bridgehead atoms. The minimum atomic E-state index is -0.611. The van der Waals surface area contributed by atoms with E-state index in [1.807, 2.05) is 32.0 Å². The van der Waals surface area contributed by atoms with Gasteiger partial charge in [0.1, 0.15) is 6.34 Å². The highest BCUT2D eigenvalue weighted by atomic mass is 35.5. The Morgan fingerprint density at radius 3 is 2.73 bits per heavy atom. The molecule has 0 heterocycles. The van der Waals surface area contributed by atoms with Gasteiger partial charge in [-0.2, -0.15) is 9.55 Å². The molecule has 2 aromatic rings. The van der Waals surface area contributed by atoms with Crippen LogP contribution in [0.2, 0.25) is 5.02 Å². The molecule has 10 heteroatoms. The molecule has 0 radical (unpaired) electrons. The highest BCUT2D eigenvalue weighted by molar-refractivity contribution is 7.98. The van der Waals surface area contributed by atoms with Gasteiger partial charge in [0.15, 0.2) is 12.3 Å². The van der Waals surface area contributed by atoms with Crippen LogP contribution in [0.1, 0.15) is 30.5 Å². The first-order valence-corrected chi connectivity index (χ1v) is 10.9. The van der Waals surface area contributed by atoms with E-state index < -0.39 is 5.41 Å². The Morgan fingerprint density at radius 2 is 2.07 bits per heavy atom. The number of thioether (sulfide) groups is 1. The van der Waals surface area contributed by atoms with Crippen LogP contribution >= 0.6 is 35.7 Å². The molecular formula is C20H22ClN5O2S2. The highest BCUT2D eigenvalue weighted by Gasteiger charge is 2.21. The maximum Gasteiger partial charge on any atom is 0.182 e. The molecule has 0 fully saturated rings. The van der Waals surface area contributed by atoms with Gasteiger partial charge in [-0.15, -0.1) is 11.8 Å². The van der Waals surface area contributed by atoms with Gasteiger partial charge in [0, 0.05) is 17.2 Å². The molecule has 4 N–H and O–H groups in total. The number of rotatable bonds is 11. The standard InChI is InChI=1S/C20H22ClN5O2S2/c1-20(2,11-22)16-6-14(9-24-13-25-12-23)5-15(7-16)10-29-17-3-4-19(18(21)8-17)26-28-30-27/h3-8,12-13,26-27H,9-10H2,1-2H3,(H2,23,24,25). The molecule has 0 saturated carbocycles. The van der Waals surface area contributed by atoms with Crippen molar-refractivity contribution in [1.82, 2.24) is 5.32 Å². The Kier molecular flexibility index (Phi) is 9.49. The van der Waals surface area contributed by atoms with Crippen LogP contribution in [0.25, 0.3) is 0 Å². The van der Waals surface area contributed by atoms with Gasteiger partial charge in [-0.3, -0.25) is 10.9 Å². The molecule has 2 aromatic carbocycles. The fraction of sp³-hybridized carbons (Fsp3) is 0.250. The summed E-state index contributed by atoms with van der Waals surface area (Å²) in [5.41, 5.74) is 5.54. The van der Waals surface area contributed by atoms with E-state index in [0.717, 1.165) is 27.9 Å². The Morgan fingerprint density at radius 1 is 1.30 bits per heavy atom. The van der Waals surface area contributed by atoms with Crippen LogP contribution < -0.4 is 10.8 Å². The molecule has 158 valence electrons. The van der Waals surface area contributed by atoms with Crippen molar-refractivity contribution in [1.29, 1.82) is 10.7 Å². The van der Waals surface area contributed by atoms with E-state index in [1.165, 1.54) is 6.34 Å². The van der Waals surface area contributed by atoms with Gasteiger partial charge in [-0.25, -0.2) is 4.99 Å². The number of halogens is 1. The number of nitrogens with one attached hydrogen (secondary N) is 3. The molecule has 0 saturated heterocycles. The minimum Gasteiger partial charge on any atom is -0.372 e. The van der Waals surface area contributed by atoms with Crippen molar-refractivity contribution in [2.45, 2.75) is 36.5 Å². The SMILES string of the molecule is CC(C)(C#N)c1cc(CN/C=N\C=N)cc(CSc2ccc(NOSO)c(Cl)c2)c1. The number of benzene rings is 2. The first kappa shape index (κ1) is 24.1. The van der Waals surface area contributed by atoms with Gasteiger partial charge < -0.3 is 9.87 Å². The van der Waals surface area contributed by atoms with Crippen molar-refractivity contribution in [3.63, 3.8) is 0 Å². The number of hydrogen-bond donors (Lipinski definition) is 4. The Bertz CT molecular complexity index is 947. The van der Waals surface area contributed by atoms with E-state index in [2.05, 4.69) is 38.3 Å². The van der Waals surface area contributed by atoms with Gasteiger partial charge in [-0.05, 0) is 48.7 Å². The van der Waals surface area contributed by atoms with Crippen LogP contribution in [0.5, 0.6) is 0 Å². The maximum absolute atomic E-state index is 9.54. The number of aliphatic imine (C=N–C) groups is 1. The molecule has 0 spiro atoms. The molecule has 0 aromatic heterocycles. The summed E-state index contributed by atoms with van der Waals surface area (Å²) in [5, 5.41) is 20.0. The lowest BCUT2D eigenvalue weighted by atomic mass is 9.84. The zero-order valence-electron chi connectivity index (χ0n) is 16.5. The highest BCUT2D eigenvalue weighted by Crippen LogP contribution is 2.32. The van der Waals surface area contributed by atoms with Crippen LogP contribution in [0, 0.1) is 16.7 Å². The molecular weight excluding hydrogens is 442 g/mol. The molecule has 30 heavy (non-hydrogen) atoms. The lowest BCUT2D eigenvalue weighted by Crippen LogP contribution is -2.16. The first-order chi connectivity index (χ1) is 14.4. The summed E-state index contributed by atoms with van der Waals surface area (Å²) in [7, 11) is 0. The molecule has 0 amide bonds. The number of nitrogens with zero attached hydrogens (tertiary/aromatic N) is 2. The van der Waals surface area contributed by atoms with Crippen LogP contribution in [0.4, 0.5) is 5.69 Å². The van der Waals surface area contributed by atoms with Gasteiger partial charge in [0.25, 0.3) is 0 Å². The van der Waals surface area contributed by atoms with Crippen molar-refractivity contribution >= 4 is 54.1 Å². The topological polar surface area (TPSA) is 114 Å². The quantitative estimate of drug-likeness (QED) is 0.112. The smallest absolute Gasteiger partial charge is 0.182 e. The number of hydrogen-bond acceptors (Lipinski definition) is 7. The molecule has 7 nitrogen and oxygen atoms in total. The van der Waals surface area contributed by atoms with E-state index in [4.69, 9.17) is 21.6 Å². The summed E-state index contributed by atoms with van der Waals surface area (Å²) in [6.07, 6.45) is 2.44. The van der Waals surface area contributed by atoms with Crippen LogP contribution in [-0.2, 0) is 22.0 Å². The zero-order chi connectivity index (χ0) is 22.0. The average Bonchev–Trinajstić information content (AvgIpc) is 2.74. The first-order valence-electron chi connectivity index (χ1n) is 8.83. The summed E-state index contributed by atoms with van der Waals surface area (Å²) in [5.74, 6) is 0.697. The molecule has 0 aliphatic rings. The lowest BCUT2D eigenvalue weighted by molar-refractivity contribution is 0.427. The normalized spacial score (nSPS) is 11.3. The summed E-state index contributed by atoms with van der Waals surface area (Å²) >= 11 is 8.07. The fourth-order valence-electron chi connectivity index (χ4n) is 2.53. The summed E-state index contributed by atoms with van der Waals surface area (Å²) in [6.45, 7) is 4.33. The van der Waals surface area contributed by atoms with E-state index in [-0.39, 0.29) is 12.3 Å². The summed E-state index contributed by atoms with van der Waals surface area (Å²) < 4.78 is 13.3. The molecule has 0 aliphatic carbocycles. The monoisotopic (exact) mass is 463 g/mol. The number of anilines is 1. The van der Waals surface area contributed by atoms with Crippen molar-refractivity contribution in [2.24, 2.45) is 4.99 Å². The van der Waals surface area contributed by atoms with E-state index in [1.54, 1.807) is 17.8 Å². The van der Waals surface area contributed by atoms with Gasteiger partial charge in [-0.1, -0.05) is 29.8 Å². The van der Waals surface area contributed by atoms with Gasteiger partial charge in [0.2, 0.25) is 0 Å². The van der Waals surface area contributed by atoms with Crippen molar-refractivity contribution < 1.29 is 8.84 Å². The molecule has 0 unspecified atom stereocenters. The minimum absolute atomic E-state index is 0.209. The van der Waals surface area contributed by atoms with Crippen molar-refractivity contribution in [2.75, 3.05) is 5.48 Å². The lowest BCUT2D eigenvalue weighted by Gasteiger charge is -2.19. The third kappa shape index (κ3) is 7.23. The van der Waals surface area contributed by atoms with Crippen molar-refractivity contribution in [3.05, 3.63) is 58.1 Å². The largest absolute Gasteiger partial charge is 0.372 e. The second kappa shape index (κ2) is 11.8. The summed E-state index contributed by atoms with van der Waals surface area (Å²) in [4.78, 5) is 4.69. The van der Waals surface area contributed by atoms with E-state index in [9.17, 15) is 5.26 Å². The molecule has 2 rings (SSSR count). The Hall–Kier alpha value is -2.22. The van der Waals surface area contributed by atoms with Crippen molar-refractivity contribution in [3.8, 4) is 6.07 Å². The molecule has 0 atom stereocenters. The van der Waals surface area contributed by atoms with Gasteiger partial charge >= 0.3 is 0 Å². The predicted octanol–water partition coefficient (Wildman–Crippen LogP) is 5.62. The fourth-order valence-corrected chi connectivity index (χ4v) is 3.80. The third-order valence-corrected chi connectivity index (χ3v) is 5.67. The van der Waals surface area contributed by atoms with Gasteiger partial charge in [0.05, 0.1) is 28.5 Å². The number of nitriles is 1. The summed E-state index contributed by atoms with van der Waals surface area (Å²) in [6, 6.07) is 14.0. The van der Waals surface area contributed by atoms with E-state index in [0.29, 0.717) is 23.0 Å². The zero-order valence-corrected chi connectivity index (χ0v) is 18.9. The van der Waals surface area contributed by atoms with E-state index >= 15 is 0 Å². The maximum atomic E-state index is 9.54.